The van der Waals surface area contributed by atoms with Crippen LogP contribution in [0.2, 0.25) is 0 Å². The Morgan fingerprint density at radius 1 is 1.00 bits per heavy atom. The van der Waals surface area contributed by atoms with E-state index >= 15 is 0 Å². The van der Waals surface area contributed by atoms with Crippen molar-refractivity contribution < 1.29 is 13.2 Å². The maximum atomic E-state index is 13.4. The highest BCUT2D eigenvalue weighted by Crippen LogP contribution is 2.37. The average molecular weight is 333 g/mol. The van der Waals surface area contributed by atoms with Crippen LogP contribution in [0.25, 0.3) is 11.1 Å². The Bertz CT molecular complexity index is 700. The number of aryl methyl sites for hydroxylation is 1. The lowest BCUT2D eigenvalue weighted by Gasteiger charge is -2.24. The molecule has 1 aliphatic rings. The maximum absolute atomic E-state index is 13.4. The minimum Gasteiger partial charge on any atom is -0.317 e. The van der Waals surface area contributed by atoms with Gasteiger partial charge in [0.25, 0.3) is 0 Å². The maximum Gasteiger partial charge on any atom is 0.416 e. The summed E-state index contributed by atoms with van der Waals surface area (Å²) in [5, 5.41) is 3.27. The number of rotatable bonds is 3. The summed E-state index contributed by atoms with van der Waals surface area (Å²) in [7, 11) is 0. The van der Waals surface area contributed by atoms with Crippen LogP contribution in [0.4, 0.5) is 13.2 Å². The Kier molecular flexibility index (Phi) is 4.95. The Hall–Kier alpha value is -1.81. The van der Waals surface area contributed by atoms with E-state index in [2.05, 4.69) is 5.32 Å². The molecule has 0 spiro atoms. The van der Waals surface area contributed by atoms with E-state index in [4.69, 9.17) is 0 Å². The second-order valence-electron chi connectivity index (χ2n) is 6.42. The Morgan fingerprint density at radius 3 is 2.42 bits per heavy atom. The van der Waals surface area contributed by atoms with Crippen LogP contribution in [0.15, 0.2) is 42.5 Å². The third kappa shape index (κ3) is 3.81. The topological polar surface area (TPSA) is 12.0 Å². The molecule has 1 heterocycles. The van der Waals surface area contributed by atoms with E-state index in [-0.39, 0.29) is 5.92 Å². The van der Waals surface area contributed by atoms with Crippen LogP contribution in [-0.4, -0.2) is 13.1 Å². The predicted octanol–water partition coefficient (Wildman–Crippen LogP) is 5.40. The van der Waals surface area contributed by atoms with Crippen molar-refractivity contribution in [3.05, 3.63) is 59.2 Å². The van der Waals surface area contributed by atoms with Crippen LogP contribution in [0.1, 0.15) is 42.4 Å². The quantitative estimate of drug-likeness (QED) is 0.793. The van der Waals surface area contributed by atoms with Crippen LogP contribution in [-0.2, 0) is 12.6 Å². The molecule has 0 radical (unpaired) electrons. The molecule has 24 heavy (non-hydrogen) atoms. The molecular weight excluding hydrogens is 311 g/mol. The van der Waals surface area contributed by atoms with Crippen LogP contribution in [0.3, 0.4) is 0 Å². The highest BCUT2D eigenvalue weighted by atomic mass is 19.4. The van der Waals surface area contributed by atoms with Gasteiger partial charge in [0.2, 0.25) is 0 Å². The molecule has 0 saturated carbocycles. The third-order valence-corrected chi connectivity index (χ3v) is 4.76. The van der Waals surface area contributed by atoms with Gasteiger partial charge < -0.3 is 5.32 Å². The lowest BCUT2D eigenvalue weighted by atomic mass is 9.87. The fraction of sp³-hybridized carbons (Fsp3) is 0.400. The second kappa shape index (κ2) is 6.98. The van der Waals surface area contributed by atoms with Gasteiger partial charge in [-0.1, -0.05) is 37.3 Å². The van der Waals surface area contributed by atoms with Crippen LogP contribution in [0, 0.1) is 0 Å². The van der Waals surface area contributed by atoms with Crippen molar-refractivity contribution in [1.82, 2.24) is 5.32 Å². The number of alkyl halides is 3. The Labute approximate surface area is 140 Å². The van der Waals surface area contributed by atoms with E-state index in [0.29, 0.717) is 5.56 Å². The summed E-state index contributed by atoms with van der Waals surface area (Å²) < 4.78 is 40.1. The Balaban J connectivity index is 2.07. The lowest BCUT2D eigenvalue weighted by molar-refractivity contribution is -0.137. The van der Waals surface area contributed by atoms with Crippen LogP contribution in [0.5, 0.6) is 0 Å². The molecule has 0 aliphatic carbocycles. The number of piperidine rings is 1. The molecule has 0 atom stereocenters. The first kappa shape index (κ1) is 17.0. The van der Waals surface area contributed by atoms with E-state index in [1.165, 1.54) is 12.1 Å². The van der Waals surface area contributed by atoms with Gasteiger partial charge in [-0.05, 0) is 72.7 Å². The number of hydrogen-bond donors (Lipinski definition) is 1. The number of benzene rings is 2. The molecule has 2 aromatic rings. The molecule has 1 saturated heterocycles. The molecule has 0 unspecified atom stereocenters. The lowest BCUT2D eigenvalue weighted by Crippen LogP contribution is -2.26. The second-order valence-corrected chi connectivity index (χ2v) is 6.42. The van der Waals surface area contributed by atoms with E-state index in [9.17, 15) is 13.2 Å². The van der Waals surface area contributed by atoms with Crippen molar-refractivity contribution in [2.24, 2.45) is 0 Å². The first-order valence-electron chi connectivity index (χ1n) is 8.49. The van der Waals surface area contributed by atoms with E-state index in [1.54, 1.807) is 0 Å². The molecule has 3 rings (SSSR count). The molecule has 4 heteroatoms. The molecule has 0 amide bonds. The van der Waals surface area contributed by atoms with Gasteiger partial charge in [0.05, 0.1) is 5.56 Å². The van der Waals surface area contributed by atoms with Crippen LogP contribution >= 0.6 is 0 Å². The highest BCUT2D eigenvalue weighted by Gasteiger charge is 2.32. The molecule has 1 nitrogen and oxygen atoms in total. The molecule has 1 N–H and O–H groups in total. The molecule has 0 aromatic heterocycles. The summed E-state index contributed by atoms with van der Waals surface area (Å²) >= 11 is 0. The SMILES string of the molecule is CCc1cccc(-c2cc(C3CCNCC3)cc(C(F)(F)F)c2)c1. The van der Waals surface area contributed by atoms with Gasteiger partial charge in [-0.25, -0.2) is 0 Å². The zero-order chi connectivity index (χ0) is 17.2. The van der Waals surface area contributed by atoms with Gasteiger partial charge in [-0.2, -0.15) is 13.2 Å². The monoisotopic (exact) mass is 333 g/mol. The normalized spacial score (nSPS) is 16.3. The first-order valence-corrected chi connectivity index (χ1v) is 8.49. The highest BCUT2D eigenvalue weighted by molar-refractivity contribution is 5.66. The summed E-state index contributed by atoms with van der Waals surface area (Å²) in [4.78, 5) is 0. The zero-order valence-corrected chi connectivity index (χ0v) is 13.8. The minimum absolute atomic E-state index is 0.196. The van der Waals surface area contributed by atoms with Crippen molar-refractivity contribution in [2.45, 2.75) is 38.3 Å². The van der Waals surface area contributed by atoms with Gasteiger partial charge >= 0.3 is 6.18 Å². The van der Waals surface area contributed by atoms with Gasteiger partial charge in [0.15, 0.2) is 0 Å². The fourth-order valence-electron chi connectivity index (χ4n) is 3.34. The third-order valence-electron chi connectivity index (χ3n) is 4.76. The fourth-order valence-corrected chi connectivity index (χ4v) is 3.34. The minimum atomic E-state index is -4.32. The van der Waals surface area contributed by atoms with Crippen molar-refractivity contribution in [2.75, 3.05) is 13.1 Å². The van der Waals surface area contributed by atoms with E-state index < -0.39 is 11.7 Å². The Morgan fingerprint density at radius 2 is 1.75 bits per heavy atom. The van der Waals surface area contributed by atoms with Gasteiger partial charge in [-0.15, -0.1) is 0 Å². The summed E-state index contributed by atoms with van der Waals surface area (Å²) in [6.45, 7) is 3.77. The van der Waals surface area contributed by atoms with Gasteiger partial charge in [0, 0.05) is 0 Å². The van der Waals surface area contributed by atoms with Crippen molar-refractivity contribution in [3.63, 3.8) is 0 Å². The van der Waals surface area contributed by atoms with Gasteiger partial charge in [0.1, 0.15) is 0 Å². The molecule has 1 aliphatic heterocycles. The summed E-state index contributed by atoms with van der Waals surface area (Å²) in [5.74, 6) is 0.196. The first-order chi connectivity index (χ1) is 11.5. The van der Waals surface area contributed by atoms with E-state index in [0.717, 1.165) is 49.0 Å². The molecule has 1 fully saturated rings. The van der Waals surface area contributed by atoms with Crippen molar-refractivity contribution >= 4 is 0 Å². The van der Waals surface area contributed by atoms with Crippen LogP contribution < -0.4 is 5.32 Å². The summed E-state index contributed by atoms with van der Waals surface area (Å²) in [6.07, 6.45) is -1.68. The predicted molar refractivity (Wildman–Crippen MR) is 91.1 cm³/mol. The number of hydrogen-bond acceptors (Lipinski definition) is 1. The zero-order valence-electron chi connectivity index (χ0n) is 13.8. The molecular formula is C20H22F3N. The number of nitrogens with one attached hydrogen (secondary N) is 1. The standard InChI is InChI=1S/C20H22F3N/c1-2-14-4-3-5-16(10-14)18-11-17(15-6-8-24-9-7-15)12-19(13-18)20(21,22)23/h3-5,10-13,15,24H,2,6-9H2,1H3. The summed E-state index contributed by atoms with van der Waals surface area (Å²) in [6, 6.07) is 12.4. The molecule has 2 aromatic carbocycles. The average Bonchev–Trinajstić information content (AvgIpc) is 2.61. The molecule has 128 valence electrons. The van der Waals surface area contributed by atoms with Crippen molar-refractivity contribution in [3.8, 4) is 11.1 Å². The number of halogens is 3. The summed E-state index contributed by atoms with van der Waals surface area (Å²) in [5.41, 5.74) is 2.91. The van der Waals surface area contributed by atoms with E-state index in [1.807, 2.05) is 37.3 Å². The van der Waals surface area contributed by atoms with Crippen molar-refractivity contribution in [1.29, 1.82) is 0 Å². The smallest absolute Gasteiger partial charge is 0.317 e. The van der Waals surface area contributed by atoms with Gasteiger partial charge in [-0.3, -0.25) is 0 Å². The molecule has 0 bridgehead atoms. The largest absolute Gasteiger partial charge is 0.416 e.